The first-order valence-electron chi connectivity index (χ1n) is 12.3. The quantitative estimate of drug-likeness (QED) is 0.669. The van der Waals surface area contributed by atoms with Crippen molar-refractivity contribution in [1.82, 2.24) is 9.88 Å². The molecule has 1 aromatic carbocycles. The Kier molecular flexibility index (Phi) is 5.99. The molecule has 3 aliphatic rings. The molecule has 1 amide bonds. The first-order valence-corrected chi connectivity index (χ1v) is 12.3. The molecular formula is C28H31FN2O4. The Labute approximate surface area is 204 Å². The number of benzene rings is 1. The van der Waals surface area contributed by atoms with Crippen molar-refractivity contribution in [2.75, 3.05) is 13.6 Å². The van der Waals surface area contributed by atoms with Crippen molar-refractivity contribution in [3.63, 3.8) is 0 Å². The summed E-state index contributed by atoms with van der Waals surface area (Å²) in [5.74, 6) is -0.813. The van der Waals surface area contributed by atoms with Gasteiger partial charge < -0.3 is 15.1 Å². The van der Waals surface area contributed by atoms with E-state index >= 15 is 0 Å². The molecule has 2 aromatic rings. The highest BCUT2D eigenvalue weighted by atomic mass is 19.1. The molecule has 0 bridgehead atoms. The van der Waals surface area contributed by atoms with Gasteiger partial charge in [-0.25, -0.2) is 4.39 Å². The van der Waals surface area contributed by atoms with Crippen molar-refractivity contribution < 1.29 is 24.2 Å². The van der Waals surface area contributed by atoms with E-state index < -0.39 is 12.1 Å². The number of aliphatic hydroxyl groups is 1. The number of hydrogen-bond acceptors (Lipinski definition) is 4. The number of carboxylic acids is 1. The van der Waals surface area contributed by atoms with Gasteiger partial charge in [0.05, 0.1) is 18.7 Å². The lowest BCUT2D eigenvalue weighted by Crippen LogP contribution is -2.45. The van der Waals surface area contributed by atoms with Crippen LogP contribution in [0.1, 0.15) is 65.6 Å². The van der Waals surface area contributed by atoms with Crippen LogP contribution in [0.5, 0.6) is 0 Å². The van der Waals surface area contributed by atoms with E-state index in [0.29, 0.717) is 17.4 Å². The van der Waals surface area contributed by atoms with Gasteiger partial charge in [-0.1, -0.05) is 19.1 Å². The van der Waals surface area contributed by atoms with Crippen LogP contribution in [-0.2, 0) is 11.2 Å². The molecule has 1 aromatic heterocycles. The average Bonchev–Trinajstić information content (AvgIpc) is 3.12. The predicted octanol–water partition coefficient (Wildman–Crippen LogP) is 4.29. The fourth-order valence-electron chi connectivity index (χ4n) is 6.94. The first kappa shape index (κ1) is 23.7. The predicted molar refractivity (Wildman–Crippen MR) is 129 cm³/mol. The standard InChI is InChI=1S/C28H31FN2O4/c1-28-9-7-21-20-5-4-17(27(35)31(2)10-8-25(33)34)11-16(20)3-6-22(21)26(28)24(32)13-23(28)18-12-19(29)15-30-14-18/h4-5,11-15,21-22,24,26,32H,3,6-10H2,1-2H3,(H,33,34)/t21-,22-,24+,26-,28-/m1/s1. The lowest BCUT2D eigenvalue weighted by atomic mass is 9.53. The molecule has 2 N–H and O–H groups in total. The minimum atomic E-state index is -0.925. The highest BCUT2D eigenvalue weighted by Crippen LogP contribution is 2.63. The molecule has 1 heterocycles. The van der Waals surface area contributed by atoms with Gasteiger partial charge in [0, 0.05) is 31.3 Å². The Hall–Kier alpha value is -3.06. The molecule has 0 aliphatic heterocycles. The van der Waals surface area contributed by atoms with Gasteiger partial charge in [-0.3, -0.25) is 14.6 Å². The van der Waals surface area contributed by atoms with E-state index in [0.717, 1.165) is 36.8 Å². The monoisotopic (exact) mass is 478 g/mol. The maximum Gasteiger partial charge on any atom is 0.305 e. The zero-order chi connectivity index (χ0) is 24.9. The van der Waals surface area contributed by atoms with Crippen molar-refractivity contribution in [3.05, 3.63) is 70.8 Å². The van der Waals surface area contributed by atoms with Gasteiger partial charge in [-0.15, -0.1) is 0 Å². The van der Waals surface area contributed by atoms with E-state index in [1.807, 2.05) is 18.2 Å². The van der Waals surface area contributed by atoms with E-state index in [1.165, 1.54) is 28.3 Å². The first-order chi connectivity index (χ1) is 16.7. The van der Waals surface area contributed by atoms with Gasteiger partial charge in [0.25, 0.3) is 5.91 Å². The lowest BCUT2D eigenvalue weighted by Gasteiger charge is -2.51. The van der Waals surface area contributed by atoms with Crippen LogP contribution in [0.4, 0.5) is 4.39 Å². The summed E-state index contributed by atoms with van der Waals surface area (Å²) in [6.07, 6.45) is 7.72. The van der Waals surface area contributed by atoms with Gasteiger partial charge in [0.2, 0.25) is 0 Å². The zero-order valence-electron chi connectivity index (χ0n) is 20.1. The number of halogens is 1. The Balaban J connectivity index is 1.39. The maximum atomic E-state index is 13.9. The number of nitrogens with zero attached hydrogens (tertiary/aromatic N) is 2. The van der Waals surface area contributed by atoms with E-state index in [1.54, 1.807) is 13.2 Å². The number of aryl methyl sites for hydroxylation is 1. The Morgan fingerprint density at radius 2 is 2.03 bits per heavy atom. The number of fused-ring (bicyclic) bond motifs is 5. The van der Waals surface area contributed by atoms with Crippen LogP contribution in [-0.4, -0.2) is 51.7 Å². The number of carbonyl (C=O) groups excluding carboxylic acids is 1. The number of carboxylic acid groups (broad SMARTS) is 1. The number of rotatable bonds is 5. The number of amides is 1. The third-order valence-corrected chi connectivity index (χ3v) is 8.57. The fraction of sp³-hybridized carbons (Fsp3) is 0.464. The summed E-state index contributed by atoms with van der Waals surface area (Å²) < 4.78 is 13.9. The van der Waals surface area contributed by atoms with E-state index in [4.69, 9.17) is 5.11 Å². The highest BCUT2D eigenvalue weighted by molar-refractivity contribution is 5.94. The van der Waals surface area contributed by atoms with Gasteiger partial charge in [0.1, 0.15) is 5.82 Å². The van der Waals surface area contributed by atoms with Gasteiger partial charge >= 0.3 is 5.97 Å². The van der Waals surface area contributed by atoms with E-state index in [9.17, 15) is 19.1 Å². The van der Waals surface area contributed by atoms with Crippen LogP contribution in [0.2, 0.25) is 0 Å². The number of aromatic nitrogens is 1. The third-order valence-electron chi connectivity index (χ3n) is 8.57. The minimum absolute atomic E-state index is 0.0520. The topological polar surface area (TPSA) is 90.7 Å². The summed E-state index contributed by atoms with van der Waals surface area (Å²) >= 11 is 0. The third kappa shape index (κ3) is 4.05. The Morgan fingerprint density at radius 1 is 1.23 bits per heavy atom. The molecule has 0 unspecified atom stereocenters. The Morgan fingerprint density at radius 3 is 2.77 bits per heavy atom. The molecular weight excluding hydrogens is 447 g/mol. The zero-order valence-corrected chi connectivity index (χ0v) is 20.1. The number of hydrogen-bond donors (Lipinski definition) is 2. The summed E-state index contributed by atoms with van der Waals surface area (Å²) in [5, 5.41) is 20.1. The number of aliphatic hydroxyl groups excluding tert-OH is 1. The van der Waals surface area contributed by atoms with Crippen molar-refractivity contribution in [2.45, 2.75) is 51.0 Å². The highest BCUT2D eigenvalue weighted by Gasteiger charge is 2.55. The van der Waals surface area contributed by atoms with Crippen LogP contribution in [0.25, 0.3) is 5.57 Å². The van der Waals surface area contributed by atoms with Gasteiger partial charge in [0.15, 0.2) is 0 Å². The van der Waals surface area contributed by atoms with Crippen molar-refractivity contribution in [1.29, 1.82) is 0 Å². The second-order valence-corrected chi connectivity index (χ2v) is 10.5. The Bertz CT molecular complexity index is 1210. The molecule has 7 heteroatoms. The van der Waals surface area contributed by atoms with Crippen LogP contribution < -0.4 is 0 Å². The van der Waals surface area contributed by atoms with Crippen LogP contribution in [0.15, 0.2) is 42.7 Å². The second-order valence-electron chi connectivity index (χ2n) is 10.5. The molecule has 184 valence electrons. The molecule has 0 radical (unpaired) electrons. The molecule has 0 saturated heterocycles. The smallest absolute Gasteiger partial charge is 0.305 e. The van der Waals surface area contributed by atoms with Crippen LogP contribution >= 0.6 is 0 Å². The summed E-state index contributed by atoms with van der Waals surface area (Å²) in [4.78, 5) is 29.2. The molecule has 3 aliphatic carbocycles. The second kappa shape index (κ2) is 8.86. The molecule has 5 rings (SSSR count). The van der Waals surface area contributed by atoms with Gasteiger partial charge in [-0.05, 0) is 83.4 Å². The van der Waals surface area contributed by atoms with E-state index in [-0.39, 0.29) is 36.0 Å². The molecule has 6 nitrogen and oxygen atoms in total. The molecule has 1 fully saturated rings. The van der Waals surface area contributed by atoms with Crippen molar-refractivity contribution >= 4 is 17.4 Å². The normalized spacial score (nSPS) is 29.0. The van der Waals surface area contributed by atoms with Crippen LogP contribution in [0.3, 0.4) is 0 Å². The lowest BCUT2D eigenvalue weighted by molar-refractivity contribution is -0.137. The van der Waals surface area contributed by atoms with Crippen molar-refractivity contribution in [2.24, 2.45) is 17.3 Å². The van der Waals surface area contributed by atoms with E-state index in [2.05, 4.69) is 18.0 Å². The molecule has 0 spiro atoms. The molecule has 1 saturated carbocycles. The van der Waals surface area contributed by atoms with Gasteiger partial charge in [-0.2, -0.15) is 0 Å². The fourth-order valence-corrected chi connectivity index (χ4v) is 6.94. The SMILES string of the molecule is CN(CCC(=O)O)C(=O)c1ccc2c(c1)CC[C@H]1[C@@H]3[C@@H](O)C=C(c4cncc(F)c4)[C@@]3(C)CC[C@H]21. The summed E-state index contributed by atoms with van der Waals surface area (Å²) in [5.41, 5.74) is 4.51. The number of aliphatic carboxylic acids is 1. The van der Waals surface area contributed by atoms with Crippen LogP contribution in [0, 0.1) is 23.1 Å². The number of allylic oxidation sites excluding steroid dienone is 1. The average molecular weight is 479 g/mol. The number of carbonyl (C=O) groups is 2. The molecule has 5 atom stereocenters. The maximum absolute atomic E-state index is 13.9. The largest absolute Gasteiger partial charge is 0.481 e. The minimum Gasteiger partial charge on any atom is -0.481 e. The molecule has 35 heavy (non-hydrogen) atoms. The summed E-state index contributed by atoms with van der Waals surface area (Å²) in [7, 11) is 1.63. The summed E-state index contributed by atoms with van der Waals surface area (Å²) in [6, 6.07) is 7.38. The number of pyridine rings is 1. The van der Waals surface area contributed by atoms with Crippen molar-refractivity contribution in [3.8, 4) is 0 Å². The summed E-state index contributed by atoms with van der Waals surface area (Å²) in [6.45, 7) is 2.37.